The van der Waals surface area contributed by atoms with Gasteiger partial charge in [0.2, 0.25) is 11.8 Å². The molecule has 3 aromatic rings. The first-order chi connectivity index (χ1) is 29.9. The van der Waals surface area contributed by atoms with Crippen molar-refractivity contribution in [3.8, 4) is 11.5 Å². The van der Waals surface area contributed by atoms with Crippen LogP contribution in [-0.2, 0) is 25.8 Å². The largest absolute Gasteiger partial charge is 0.493 e. The van der Waals surface area contributed by atoms with Gasteiger partial charge in [-0.15, -0.1) is 0 Å². The molecule has 0 aromatic heterocycles. The smallest absolute Gasteiger partial charge is 0.262 e. The summed E-state index contributed by atoms with van der Waals surface area (Å²) in [6.07, 6.45) is 9.86. The quantitative estimate of drug-likeness (QED) is 0.210. The number of nitrogens with zero attached hydrogens (tertiary/aromatic N) is 4. The second kappa shape index (κ2) is 19.0. The van der Waals surface area contributed by atoms with E-state index < -0.39 is 33.4 Å². The third-order valence-electron chi connectivity index (χ3n) is 14.0. The third kappa shape index (κ3) is 9.78. The van der Waals surface area contributed by atoms with E-state index in [1.54, 1.807) is 24.3 Å². The molecule has 1 N–H and O–H groups in total. The van der Waals surface area contributed by atoms with E-state index >= 15 is 0 Å². The fourth-order valence-corrected chi connectivity index (χ4v) is 11.5. The Morgan fingerprint density at radius 2 is 1.35 bits per heavy atom. The van der Waals surface area contributed by atoms with Gasteiger partial charge in [0.25, 0.3) is 11.8 Å². The summed E-state index contributed by atoms with van der Waals surface area (Å²) in [5.74, 6) is -0.553. The Balaban J connectivity index is 0.787. The lowest BCUT2D eigenvalue weighted by atomic mass is 9.85. The van der Waals surface area contributed by atoms with Gasteiger partial charge in [-0.1, -0.05) is 36.4 Å². The van der Waals surface area contributed by atoms with E-state index in [4.69, 9.17) is 9.47 Å². The summed E-state index contributed by atoms with van der Waals surface area (Å²) in [5, 5.41) is 2.48. The van der Waals surface area contributed by atoms with Crippen LogP contribution in [0.5, 0.6) is 11.5 Å². The molecule has 5 heterocycles. The molecule has 3 aromatic carbocycles. The van der Waals surface area contributed by atoms with Crippen molar-refractivity contribution in [1.82, 2.24) is 24.9 Å². The molecule has 14 heteroatoms. The van der Waals surface area contributed by atoms with Crippen LogP contribution in [-0.4, -0.2) is 135 Å². The highest BCUT2D eigenvalue weighted by Gasteiger charge is 2.42. The van der Waals surface area contributed by atoms with E-state index in [9.17, 15) is 27.6 Å². The minimum atomic E-state index is -3.59. The summed E-state index contributed by atoms with van der Waals surface area (Å²) >= 11 is 0. The van der Waals surface area contributed by atoms with Crippen LogP contribution in [0.25, 0.3) is 0 Å². The zero-order chi connectivity index (χ0) is 43.5. The van der Waals surface area contributed by atoms with Gasteiger partial charge in [-0.05, 0) is 150 Å². The molecule has 13 nitrogen and oxygen atoms in total. The first kappa shape index (κ1) is 44.0. The van der Waals surface area contributed by atoms with Gasteiger partial charge >= 0.3 is 0 Å². The number of amides is 4. The number of hydrogen-bond acceptors (Lipinski definition) is 11. The summed E-state index contributed by atoms with van der Waals surface area (Å²) in [4.78, 5) is 60.7. The lowest BCUT2D eigenvalue weighted by Gasteiger charge is -2.45. The van der Waals surface area contributed by atoms with Crippen molar-refractivity contribution in [2.45, 2.75) is 94.7 Å². The first-order valence-corrected chi connectivity index (χ1v) is 24.6. The maximum absolute atomic E-state index is 13.9. The predicted molar refractivity (Wildman–Crippen MR) is 236 cm³/mol. The molecule has 0 spiro atoms. The van der Waals surface area contributed by atoms with Crippen molar-refractivity contribution in [3.05, 3.63) is 94.0 Å². The van der Waals surface area contributed by atoms with Crippen LogP contribution in [0.4, 0.5) is 0 Å². The van der Waals surface area contributed by atoms with E-state index in [1.807, 2.05) is 19.1 Å². The highest BCUT2D eigenvalue weighted by Crippen LogP contribution is 2.38. The van der Waals surface area contributed by atoms with Crippen LogP contribution < -0.4 is 14.8 Å². The van der Waals surface area contributed by atoms with E-state index in [-0.39, 0.29) is 17.7 Å². The van der Waals surface area contributed by atoms with Crippen LogP contribution in [0.3, 0.4) is 0 Å². The van der Waals surface area contributed by atoms with Crippen molar-refractivity contribution in [2.75, 3.05) is 71.5 Å². The number of nitrogens with one attached hydrogen (secondary N) is 1. The zero-order valence-electron chi connectivity index (χ0n) is 36.4. The first-order valence-electron chi connectivity index (χ1n) is 22.5. The Kier molecular flexibility index (Phi) is 13.5. The fourth-order valence-electron chi connectivity index (χ4n) is 10.5. The summed E-state index contributed by atoms with van der Waals surface area (Å²) in [6.45, 7) is 9.66. The van der Waals surface area contributed by atoms with Crippen molar-refractivity contribution in [1.29, 1.82) is 0 Å². The average Bonchev–Trinajstić information content (AvgIpc) is 3.52. The highest BCUT2D eigenvalue weighted by atomic mass is 32.2. The van der Waals surface area contributed by atoms with Crippen LogP contribution in [0.2, 0.25) is 0 Å². The van der Waals surface area contributed by atoms with Crippen LogP contribution in [0.1, 0.15) is 119 Å². The van der Waals surface area contributed by atoms with Crippen molar-refractivity contribution in [3.63, 3.8) is 0 Å². The number of piperidine rings is 4. The molecule has 5 aliphatic heterocycles. The number of likely N-dealkylation sites (tertiary alicyclic amines) is 3. The van der Waals surface area contributed by atoms with E-state index in [0.717, 1.165) is 100 Å². The second-order valence-electron chi connectivity index (χ2n) is 17.9. The molecular weight excluding hydrogens is 807 g/mol. The number of carbonyl (C=O) groups is 4. The number of fused-ring (bicyclic) bond motifs is 1. The molecule has 0 aliphatic carbocycles. The molecule has 4 fully saturated rings. The predicted octanol–water partition coefficient (Wildman–Crippen LogP) is 5.35. The zero-order valence-corrected chi connectivity index (χ0v) is 37.2. The van der Waals surface area contributed by atoms with Gasteiger partial charge in [0.05, 0.1) is 42.6 Å². The molecular formula is C48H61N5O8S. The second-order valence-corrected chi connectivity index (χ2v) is 20.1. The van der Waals surface area contributed by atoms with Crippen molar-refractivity contribution in [2.24, 2.45) is 0 Å². The normalized spacial score (nSPS) is 22.2. The molecule has 1 unspecified atom stereocenters. The van der Waals surface area contributed by atoms with E-state index in [2.05, 4.69) is 44.3 Å². The van der Waals surface area contributed by atoms with Crippen LogP contribution in [0.15, 0.2) is 60.7 Å². The Bertz CT molecular complexity index is 2240. The van der Waals surface area contributed by atoms with Crippen molar-refractivity contribution < 1.29 is 37.1 Å². The Labute approximate surface area is 366 Å². The fraction of sp³-hybridized carbons (Fsp3) is 0.542. The molecule has 4 saturated heterocycles. The standard InChI is InChI=1S/C48H61N5O8S/c1-4-61-44-30-36(10-13-43(44)60-2)42(31-62(3,58)59)53-47(56)40-11-5-32(29-41(40)48(53)57)15-22-50-23-18-37(19-24-50)52-27-20-38(21-28-52)51-25-16-34(17-26-51)33-6-8-35(9-7-33)39-12-14-45(54)49-46(39)55/h5-11,13,29-30,34,37-39,42H,4,12,14-28,31H2,1-3H3,(H,49,54,55)/t39?,42-/m1/s1. The minimum Gasteiger partial charge on any atom is -0.493 e. The summed E-state index contributed by atoms with van der Waals surface area (Å²) < 4.78 is 36.4. The number of hydrogen-bond donors (Lipinski definition) is 1. The molecule has 0 bridgehead atoms. The van der Waals surface area contributed by atoms with Gasteiger partial charge in [0, 0.05) is 31.3 Å². The minimum absolute atomic E-state index is 0.176. The van der Waals surface area contributed by atoms with Gasteiger partial charge in [0.1, 0.15) is 9.84 Å². The molecule has 332 valence electrons. The lowest BCUT2D eigenvalue weighted by Crippen LogP contribution is -2.52. The number of carbonyl (C=O) groups excluding carboxylic acids is 4. The van der Waals surface area contributed by atoms with Gasteiger partial charge in [-0.2, -0.15) is 0 Å². The summed E-state index contributed by atoms with van der Waals surface area (Å²) in [6, 6.07) is 19.2. The molecule has 0 saturated carbocycles. The van der Waals surface area contributed by atoms with Gasteiger partial charge < -0.3 is 24.2 Å². The molecule has 62 heavy (non-hydrogen) atoms. The van der Waals surface area contributed by atoms with E-state index in [1.165, 1.54) is 25.5 Å². The average molecular weight is 868 g/mol. The number of methoxy groups -OCH3 is 1. The number of benzene rings is 3. The Hall–Kier alpha value is -4.63. The molecule has 2 atom stereocenters. The monoisotopic (exact) mass is 867 g/mol. The number of rotatable bonds is 14. The Morgan fingerprint density at radius 1 is 0.726 bits per heavy atom. The third-order valence-corrected chi connectivity index (χ3v) is 14.9. The lowest BCUT2D eigenvalue weighted by molar-refractivity contribution is -0.134. The maximum Gasteiger partial charge on any atom is 0.262 e. The van der Waals surface area contributed by atoms with Gasteiger partial charge in [-0.25, -0.2) is 8.42 Å². The highest BCUT2D eigenvalue weighted by molar-refractivity contribution is 7.90. The summed E-state index contributed by atoms with van der Waals surface area (Å²) in [7, 11) is -2.07. The molecule has 8 rings (SSSR count). The molecule has 4 amide bonds. The Morgan fingerprint density at radius 3 is 1.98 bits per heavy atom. The summed E-state index contributed by atoms with van der Waals surface area (Å²) in [5.41, 5.74) is 4.42. The van der Waals surface area contributed by atoms with Crippen LogP contribution in [0, 0.1) is 0 Å². The topological polar surface area (TPSA) is 146 Å². The van der Waals surface area contributed by atoms with Crippen LogP contribution >= 0.6 is 0 Å². The van der Waals surface area contributed by atoms with Gasteiger partial charge in [0.15, 0.2) is 11.5 Å². The maximum atomic E-state index is 13.9. The molecule has 0 radical (unpaired) electrons. The van der Waals surface area contributed by atoms with Crippen molar-refractivity contribution >= 4 is 33.5 Å². The number of ether oxygens (including phenoxy) is 2. The van der Waals surface area contributed by atoms with Gasteiger partial charge in [-0.3, -0.25) is 29.4 Å². The van der Waals surface area contributed by atoms with E-state index in [0.29, 0.717) is 65.6 Å². The molecule has 5 aliphatic rings. The number of sulfone groups is 1. The number of imide groups is 2. The SMILES string of the molecule is CCOc1cc([C@@H](CS(C)(=O)=O)N2C(=O)c3ccc(CCN4CCC(N5CCC(N6CCC(c7ccc(C8CCC(=O)NC8=O)cc7)CC6)CC5)CC4)cc3C2=O)ccc1OC.